The molecule has 6 nitrogen and oxygen atoms in total. The average molecular weight is 393 g/mol. The molecule has 2 aliphatic heterocycles. The molecule has 2 aromatic rings. The van der Waals surface area contributed by atoms with Gasteiger partial charge in [-0.1, -0.05) is 23.7 Å². The minimum Gasteiger partial charge on any atom is -0.497 e. The van der Waals surface area contributed by atoms with Crippen molar-refractivity contribution in [1.29, 1.82) is 0 Å². The van der Waals surface area contributed by atoms with Gasteiger partial charge in [-0.25, -0.2) is 0 Å². The Morgan fingerprint density at radius 3 is 2.52 bits per heavy atom. The van der Waals surface area contributed by atoms with Gasteiger partial charge in [-0.05, 0) is 41.8 Å². The molecule has 7 heteroatoms. The summed E-state index contributed by atoms with van der Waals surface area (Å²) in [4.78, 5) is 0. The second-order valence-electron chi connectivity index (χ2n) is 6.85. The Morgan fingerprint density at radius 1 is 1.11 bits per heavy atom. The number of methoxy groups -OCH3 is 1. The summed E-state index contributed by atoms with van der Waals surface area (Å²) in [7, 11) is 1.62. The van der Waals surface area contributed by atoms with Crippen molar-refractivity contribution in [2.45, 2.75) is 36.9 Å². The van der Waals surface area contributed by atoms with Crippen LogP contribution in [0.15, 0.2) is 36.4 Å². The standard InChI is InChI=1S/C20H21ClO6/c1-25-12-4-2-10(3-5-12)6-11-7-13-15(8-14(11)21)26-20-18(24)17(23)16(9-22)27-19(13)20/h2-5,7-8,16-20,22-24H,6,9H2,1H3/t16-,17-,18+,19+,20+/m1/s1. The van der Waals surface area contributed by atoms with E-state index in [9.17, 15) is 15.3 Å². The van der Waals surface area contributed by atoms with E-state index in [1.165, 1.54) is 0 Å². The summed E-state index contributed by atoms with van der Waals surface area (Å²) in [5, 5.41) is 30.4. The van der Waals surface area contributed by atoms with E-state index in [1.54, 1.807) is 13.2 Å². The Morgan fingerprint density at radius 2 is 1.85 bits per heavy atom. The number of ether oxygens (including phenoxy) is 3. The van der Waals surface area contributed by atoms with Gasteiger partial charge in [-0.15, -0.1) is 0 Å². The molecule has 4 rings (SSSR count). The highest BCUT2D eigenvalue weighted by atomic mass is 35.5. The predicted molar refractivity (Wildman–Crippen MR) is 98.4 cm³/mol. The molecule has 0 aromatic heterocycles. The molecule has 0 bridgehead atoms. The Bertz CT molecular complexity index is 824. The van der Waals surface area contributed by atoms with Crippen molar-refractivity contribution >= 4 is 11.6 Å². The van der Waals surface area contributed by atoms with Crippen LogP contribution in [0.2, 0.25) is 5.02 Å². The Balaban J connectivity index is 1.63. The van der Waals surface area contributed by atoms with Crippen molar-refractivity contribution in [1.82, 2.24) is 0 Å². The van der Waals surface area contributed by atoms with Crippen molar-refractivity contribution in [2.24, 2.45) is 0 Å². The maximum absolute atomic E-state index is 10.3. The Hall–Kier alpha value is -1.83. The van der Waals surface area contributed by atoms with Crippen LogP contribution in [0, 0.1) is 0 Å². The molecule has 0 radical (unpaired) electrons. The van der Waals surface area contributed by atoms with Crippen LogP contribution in [0.4, 0.5) is 0 Å². The molecule has 1 saturated heterocycles. The van der Waals surface area contributed by atoms with Gasteiger partial charge in [0.05, 0.1) is 13.7 Å². The van der Waals surface area contributed by atoms with Crippen LogP contribution in [0.25, 0.3) is 0 Å². The fraction of sp³-hybridized carbons (Fsp3) is 0.400. The van der Waals surface area contributed by atoms with Gasteiger partial charge in [-0.3, -0.25) is 0 Å². The van der Waals surface area contributed by atoms with Gasteiger partial charge in [0.2, 0.25) is 0 Å². The first kappa shape index (κ1) is 18.5. The number of benzene rings is 2. The van der Waals surface area contributed by atoms with E-state index in [4.69, 9.17) is 25.8 Å². The molecule has 5 atom stereocenters. The average Bonchev–Trinajstić information content (AvgIpc) is 3.03. The van der Waals surface area contributed by atoms with E-state index < -0.39 is 30.5 Å². The Kier molecular flexibility index (Phi) is 5.01. The van der Waals surface area contributed by atoms with Gasteiger partial charge in [0.25, 0.3) is 0 Å². The van der Waals surface area contributed by atoms with Gasteiger partial charge in [0, 0.05) is 10.6 Å². The number of hydrogen-bond acceptors (Lipinski definition) is 6. The molecular weight excluding hydrogens is 372 g/mol. The molecule has 0 amide bonds. The monoisotopic (exact) mass is 392 g/mol. The van der Waals surface area contributed by atoms with Gasteiger partial charge in [-0.2, -0.15) is 0 Å². The summed E-state index contributed by atoms with van der Waals surface area (Å²) < 4.78 is 16.8. The van der Waals surface area contributed by atoms with Crippen molar-refractivity contribution in [2.75, 3.05) is 13.7 Å². The number of aliphatic hydroxyl groups excluding tert-OH is 3. The molecular formula is C20H21ClO6. The maximum atomic E-state index is 10.3. The highest BCUT2D eigenvalue weighted by molar-refractivity contribution is 6.31. The summed E-state index contributed by atoms with van der Waals surface area (Å²) in [6, 6.07) is 11.4. The van der Waals surface area contributed by atoms with Crippen LogP contribution < -0.4 is 9.47 Å². The normalized spacial score (nSPS) is 29.0. The molecule has 144 valence electrons. The maximum Gasteiger partial charge on any atom is 0.157 e. The van der Waals surface area contributed by atoms with Crippen LogP contribution in [0.3, 0.4) is 0 Å². The molecule has 2 aromatic carbocycles. The molecule has 2 heterocycles. The van der Waals surface area contributed by atoms with Crippen LogP contribution in [-0.4, -0.2) is 53.5 Å². The first-order chi connectivity index (χ1) is 13.0. The molecule has 0 aliphatic carbocycles. The summed E-state index contributed by atoms with van der Waals surface area (Å²) in [6.07, 6.45) is -3.91. The van der Waals surface area contributed by atoms with E-state index in [-0.39, 0.29) is 6.61 Å². The van der Waals surface area contributed by atoms with E-state index >= 15 is 0 Å². The highest BCUT2D eigenvalue weighted by Crippen LogP contribution is 2.46. The van der Waals surface area contributed by atoms with Crippen molar-refractivity contribution in [3.63, 3.8) is 0 Å². The zero-order chi connectivity index (χ0) is 19.1. The van der Waals surface area contributed by atoms with Crippen LogP contribution in [-0.2, 0) is 11.2 Å². The first-order valence-electron chi connectivity index (χ1n) is 8.76. The lowest BCUT2D eigenvalue weighted by Gasteiger charge is -2.38. The summed E-state index contributed by atoms with van der Waals surface area (Å²) in [6.45, 7) is -0.386. The van der Waals surface area contributed by atoms with Gasteiger partial charge < -0.3 is 29.5 Å². The molecule has 0 spiro atoms. The SMILES string of the molecule is COc1ccc(Cc2cc3c(cc2Cl)O[C@H]2[C@@H](O)[C@H](O)[C@@H](CO)O[C@@H]32)cc1. The molecule has 27 heavy (non-hydrogen) atoms. The van der Waals surface area contributed by atoms with E-state index in [0.29, 0.717) is 17.2 Å². The van der Waals surface area contributed by atoms with Crippen LogP contribution >= 0.6 is 11.6 Å². The molecule has 3 N–H and O–H groups in total. The van der Waals surface area contributed by atoms with E-state index in [1.807, 2.05) is 30.3 Å². The summed E-state index contributed by atoms with van der Waals surface area (Å²) in [5.41, 5.74) is 2.73. The second-order valence-corrected chi connectivity index (χ2v) is 7.25. The van der Waals surface area contributed by atoms with Crippen LogP contribution in [0.1, 0.15) is 22.8 Å². The molecule has 0 unspecified atom stereocenters. The van der Waals surface area contributed by atoms with E-state index in [2.05, 4.69) is 0 Å². The number of fused-ring (bicyclic) bond motifs is 3. The molecule has 1 fully saturated rings. The third-order valence-electron chi connectivity index (χ3n) is 5.17. The Labute approximate surface area is 161 Å². The lowest BCUT2D eigenvalue weighted by atomic mass is 9.92. The zero-order valence-electron chi connectivity index (χ0n) is 14.7. The number of aliphatic hydroxyl groups is 3. The zero-order valence-corrected chi connectivity index (χ0v) is 15.5. The van der Waals surface area contributed by atoms with Crippen molar-refractivity contribution < 1.29 is 29.5 Å². The lowest BCUT2D eigenvalue weighted by Crippen LogP contribution is -2.55. The van der Waals surface area contributed by atoms with E-state index in [0.717, 1.165) is 22.4 Å². The predicted octanol–water partition coefficient (Wildman–Crippen LogP) is 1.85. The molecule has 2 aliphatic rings. The third-order valence-corrected chi connectivity index (χ3v) is 5.52. The first-order valence-corrected chi connectivity index (χ1v) is 9.14. The van der Waals surface area contributed by atoms with Gasteiger partial charge >= 0.3 is 0 Å². The topological polar surface area (TPSA) is 88.4 Å². The summed E-state index contributed by atoms with van der Waals surface area (Å²) in [5.74, 6) is 1.31. The lowest BCUT2D eigenvalue weighted by molar-refractivity contribution is -0.215. The smallest absolute Gasteiger partial charge is 0.157 e. The largest absolute Gasteiger partial charge is 0.497 e. The van der Waals surface area contributed by atoms with Gasteiger partial charge in [0.15, 0.2) is 6.10 Å². The fourth-order valence-electron chi connectivity index (χ4n) is 3.66. The third kappa shape index (κ3) is 3.28. The highest BCUT2D eigenvalue weighted by Gasteiger charge is 2.50. The number of hydrogen-bond donors (Lipinski definition) is 3. The van der Waals surface area contributed by atoms with Crippen LogP contribution in [0.5, 0.6) is 11.5 Å². The second kappa shape index (κ2) is 7.30. The minimum atomic E-state index is -1.21. The van der Waals surface area contributed by atoms with Crippen molar-refractivity contribution in [3.8, 4) is 11.5 Å². The van der Waals surface area contributed by atoms with Gasteiger partial charge in [0.1, 0.15) is 35.9 Å². The summed E-state index contributed by atoms with van der Waals surface area (Å²) >= 11 is 6.44. The fourth-order valence-corrected chi connectivity index (χ4v) is 3.88. The number of rotatable bonds is 4. The minimum absolute atomic E-state index is 0.386. The number of halogens is 1. The quantitative estimate of drug-likeness (QED) is 0.736. The van der Waals surface area contributed by atoms with Crippen molar-refractivity contribution in [3.05, 3.63) is 58.1 Å². The molecule has 0 saturated carbocycles.